The van der Waals surface area contributed by atoms with Crippen LogP contribution in [0.4, 0.5) is 0 Å². The summed E-state index contributed by atoms with van der Waals surface area (Å²) in [5.74, 6) is -0.296. The molecule has 0 N–H and O–H groups in total. The van der Waals surface area contributed by atoms with Crippen LogP contribution < -0.4 is 0 Å². The van der Waals surface area contributed by atoms with Gasteiger partial charge in [0.1, 0.15) is 5.01 Å². The van der Waals surface area contributed by atoms with Crippen LogP contribution in [0.5, 0.6) is 0 Å². The molecule has 0 unspecified atom stereocenters. The van der Waals surface area contributed by atoms with Crippen LogP contribution >= 0.6 is 11.3 Å². The third kappa shape index (κ3) is 2.83. The van der Waals surface area contributed by atoms with Crippen LogP contribution in [0.15, 0.2) is 24.3 Å². The number of ether oxygens (including phenoxy) is 3. The monoisotopic (exact) mass is 305 g/mol. The van der Waals surface area contributed by atoms with Crippen molar-refractivity contribution in [2.75, 3.05) is 13.2 Å². The zero-order chi connectivity index (χ0) is 14.1. The van der Waals surface area contributed by atoms with Gasteiger partial charge in [0.2, 0.25) is 0 Å². The summed E-state index contributed by atoms with van der Waals surface area (Å²) in [7, 11) is 0. The van der Waals surface area contributed by atoms with Gasteiger partial charge in [-0.3, -0.25) is 0 Å². The first-order chi connectivity index (χ1) is 10.3. The molecule has 1 spiro atoms. The molecule has 1 saturated heterocycles. The second-order valence-electron chi connectivity index (χ2n) is 5.69. The minimum atomic E-state index is -0.296. The number of nitrogens with zero attached hydrogens (tertiary/aromatic N) is 1. The highest BCUT2D eigenvalue weighted by Crippen LogP contribution is 2.37. The Hall–Kier alpha value is -1.01. The lowest BCUT2D eigenvalue weighted by atomic mass is 9.92. The van der Waals surface area contributed by atoms with Gasteiger partial charge in [-0.05, 0) is 25.0 Å². The summed E-state index contributed by atoms with van der Waals surface area (Å²) in [5.41, 5.74) is 1.07. The average molecular weight is 305 g/mol. The second kappa shape index (κ2) is 5.65. The Labute approximate surface area is 128 Å². The van der Waals surface area contributed by atoms with E-state index in [0.717, 1.165) is 49.4 Å². The van der Waals surface area contributed by atoms with E-state index in [1.54, 1.807) is 11.3 Å². The van der Waals surface area contributed by atoms with Crippen molar-refractivity contribution < 1.29 is 14.2 Å². The number of hydrogen-bond acceptors (Lipinski definition) is 5. The number of hydrogen-bond donors (Lipinski definition) is 0. The molecule has 1 saturated carbocycles. The Balaban J connectivity index is 1.33. The highest BCUT2D eigenvalue weighted by Gasteiger charge is 2.40. The van der Waals surface area contributed by atoms with Crippen LogP contribution in [0, 0.1) is 0 Å². The maximum Gasteiger partial charge on any atom is 0.168 e. The first-order valence-corrected chi connectivity index (χ1v) is 8.39. The summed E-state index contributed by atoms with van der Waals surface area (Å²) >= 11 is 1.72. The zero-order valence-corrected chi connectivity index (χ0v) is 12.7. The molecule has 2 heterocycles. The number of fused-ring (bicyclic) bond motifs is 1. The van der Waals surface area contributed by atoms with Gasteiger partial charge >= 0.3 is 0 Å². The Kier molecular flexibility index (Phi) is 3.67. The molecule has 1 aromatic carbocycles. The summed E-state index contributed by atoms with van der Waals surface area (Å²) in [5, 5.41) is 1.06. The zero-order valence-electron chi connectivity index (χ0n) is 11.9. The Morgan fingerprint density at radius 2 is 1.95 bits per heavy atom. The normalized spacial score (nSPS) is 22.3. The molecule has 1 aliphatic heterocycles. The van der Waals surface area contributed by atoms with Crippen molar-refractivity contribution in [3.05, 3.63) is 29.3 Å². The van der Waals surface area contributed by atoms with Gasteiger partial charge in [0.15, 0.2) is 5.79 Å². The maximum absolute atomic E-state index is 6.04. The van der Waals surface area contributed by atoms with Gasteiger partial charge in [0, 0.05) is 12.8 Å². The molecule has 21 heavy (non-hydrogen) atoms. The first kappa shape index (κ1) is 13.6. The molecule has 1 aromatic heterocycles. The quantitative estimate of drug-likeness (QED) is 0.870. The first-order valence-electron chi connectivity index (χ1n) is 7.57. The molecule has 0 radical (unpaired) electrons. The van der Waals surface area contributed by atoms with E-state index in [-0.39, 0.29) is 5.79 Å². The molecular weight excluding hydrogens is 286 g/mol. The lowest BCUT2D eigenvalue weighted by Crippen LogP contribution is -2.37. The van der Waals surface area contributed by atoms with Gasteiger partial charge in [-0.1, -0.05) is 12.1 Å². The molecule has 1 aliphatic carbocycles. The van der Waals surface area contributed by atoms with Crippen molar-refractivity contribution in [2.45, 2.75) is 44.2 Å². The van der Waals surface area contributed by atoms with Crippen LogP contribution in [0.25, 0.3) is 10.2 Å². The molecule has 2 aromatic rings. The molecule has 0 bridgehead atoms. The molecule has 112 valence electrons. The predicted octanol–water partition coefficient (Wildman–Crippen LogP) is 3.50. The van der Waals surface area contributed by atoms with Gasteiger partial charge in [-0.15, -0.1) is 11.3 Å². The maximum atomic E-state index is 6.04. The molecular formula is C16H19NO3S. The predicted molar refractivity (Wildman–Crippen MR) is 81.3 cm³/mol. The van der Waals surface area contributed by atoms with Gasteiger partial charge in [0.05, 0.1) is 36.1 Å². The summed E-state index contributed by atoms with van der Waals surface area (Å²) in [4.78, 5) is 4.61. The van der Waals surface area contributed by atoms with Crippen molar-refractivity contribution >= 4 is 21.6 Å². The van der Waals surface area contributed by atoms with Gasteiger partial charge in [-0.2, -0.15) is 0 Å². The number of benzene rings is 1. The van der Waals surface area contributed by atoms with Crippen LogP contribution in [0.2, 0.25) is 0 Å². The van der Waals surface area contributed by atoms with E-state index in [2.05, 4.69) is 17.1 Å². The van der Waals surface area contributed by atoms with Crippen molar-refractivity contribution in [2.24, 2.45) is 0 Å². The largest absolute Gasteiger partial charge is 0.371 e. The smallest absolute Gasteiger partial charge is 0.168 e. The molecule has 0 amide bonds. The fourth-order valence-electron chi connectivity index (χ4n) is 3.15. The lowest BCUT2D eigenvalue weighted by molar-refractivity contribution is -0.192. The number of thiazole rings is 1. The summed E-state index contributed by atoms with van der Waals surface area (Å²) in [6, 6.07) is 8.23. The van der Waals surface area contributed by atoms with Crippen LogP contribution in [0.3, 0.4) is 0 Å². The fraction of sp³-hybridized carbons (Fsp3) is 0.562. The lowest BCUT2D eigenvalue weighted by Gasteiger charge is -2.35. The highest BCUT2D eigenvalue weighted by molar-refractivity contribution is 7.18. The van der Waals surface area contributed by atoms with Crippen LogP contribution in [-0.2, 0) is 20.8 Å². The Morgan fingerprint density at radius 3 is 2.71 bits per heavy atom. The fourth-order valence-corrected chi connectivity index (χ4v) is 4.04. The molecule has 4 rings (SSSR count). The summed E-state index contributed by atoms with van der Waals surface area (Å²) < 4.78 is 18.8. The van der Waals surface area contributed by atoms with Gasteiger partial charge < -0.3 is 14.2 Å². The third-order valence-electron chi connectivity index (χ3n) is 4.29. The number of para-hydroxylation sites is 1. The number of rotatable bonds is 3. The van der Waals surface area contributed by atoms with Gasteiger partial charge in [-0.25, -0.2) is 4.98 Å². The molecule has 5 heteroatoms. The van der Waals surface area contributed by atoms with E-state index in [9.17, 15) is 0 Å². The molecule has 2 aliphatic rings. The van der Waals surface area contributed by atoms with Crippen LogP contribution in [-0.4, -0.2) is 30.1 Å². The molecule has 4 nitrogen and oxygen atoms in total. The van der Waals surface area contributed by atoms with Crippen molar-refractivity contribution in [1.29, 1.82) is 0 Å². The summed E-state index contributed by atoms with van der Waals surface area (Å²) in [6.45, 7) is 2.08. The van der Waals surface area contributed by atoms with E-state index in [4.69, 9.17) is 14.2 Å². The minimum Gasteiger partial charge on any atom is -0.371 e. The topological polar surface area (TPSA) is 40.6 Å². The Morgan fingerprint density at radius 1 is 1.19 bits per heavy atom. The van der Waals surface area contributed by atoms with Crippen molar-refractivity contribution in [1.82, 2.24) is 4.98 Å². The minimum absolute atomic E-state index is 0.296. The molecule has 0 atom stereocenters. The van der Waals surface area contributed by atoms with E-state index in [1.807, 2.05) is 12.1 Å². The second-order valence-corrected chi connectivity index (χ2v) is 6.81. The van der Waals surface area contributed by atoms with Crippen molar-refractivity contribution in [3.63, 3.8) is 0 Å². The van der Waals surface area contributed by atoms with E-state index >= 15 is 0 Å². The van der Waals surface area contributed by atoms with Crippen LogP contribution in [0.1, 0.15) is 30.7 Å². The third-order valence-corrected chi connectivity index (χ3v) is 5.30. The van der Waals surface area contributed by atoms with Gasteiger partial charge in [0.25, 0.3) is 0 Å². The summed E-state index contributed by atoms with van der Waals surface area (Å²) in [6.07, 6.45) is 4.19. The number of aromatic nitrogens is 1. The van der Waals surface area contributed by atoms with E-state index in [1.165, 1.54) is 4.70 Å². The SMILES string of the molecule is c1ccc2sc(COC3CCC4(CC3)OCCO4)nc2c1. The van der Waals surface area contributed by atoms with E-state index < -0.39 is 0 Å². The average Bonchev–Trinajstić information content (AvgIpc) is 3.13. The Bertz CT molecular complexity index is 578. The van der Waals surface area contributed by atoms with Crippen molar-refractivity contribution in [3.8, 4) is 0 Å². The highest BCUT2D eigenvalue weighted by atomic mass is 32.1. The standard InChI is InChI=1S/C16H19NO3S/c1-2-4-14-13(3-1)17-15(21-14)11-18-12-5-7-16(8-6-12)19-9-10-20-16/h1-4,12H,5-11H2. The van der Waals surface area contributed by atoms with E-state index in [0.29, 0.717) is 12.7 Å². The molecule has 2 fully saturated rings.